The van der Waals surface area contributed by atoms with Gasteiger partial charge in [-0.3, -0.25) is 14.0 Å². The Morgan fingerprint density at radius 2 is 1.69 bits per heavy atom. The first-order valence-corrected chi connectivity index (χ1v) is 12.1. The highest BCUT2D eigenvalue weighted by molar-refractivity contribution is 7.92. The molecule has 3 rings (SSSR count). The standard InChI is InChI=1S/C22H26F3N3O3S/c1-32(30,31)28(20-9-7-19(8-10-20)22(23,24)25)16-21(29)26-14-17-5-4-6-18(13-17)15-27-11-2-3-12-27/h4-10,13H,2-3,11-12,14-16H2,1H3,(H,26,29). The average molecular weight is 470 g/mol. The van der Waals surface area contributed by atoms with Gasteiger partial charge >= 0.3 is 6.18 Å². The van der Waals surface area contributed by atoms with Crippen LogP contribution in [0.3, 0.4) is 0 Å². The highest BCUT2D eigenvalue weighted by Crippen LogP contribution is 2.31. The zero-order valence-corrected chi connectivity index (χ0v) is 18.5. The Morgan fingerprint density at radius 1 is 1.06 bits per heavy atom. The first-order valence-electron chi connectivity index (χ1n) is 10.2. The van der Waals surface area contributed by atoms with Crippen molar-refractivity contribution in [3.8, 4) is 0 Å². The predicted octanol–water partition coefficient (Wildman–Crippen LogP) is 3.38. The summed E-state index contributed by atoms with van der Waals surface area (Å²) in [5, 5.41) is 2.69. The molecule has 2 aromatic carbocycles. The second kappa shape index (κ2) is 9.91. The zero-order chi connectivity index (χ0) is 23.4. The molecular weight excluding hydrogens is 443 g/mol. The van der Waals surface area contributed by atoms with Crippen LogP contribution in [0.15, 0.2) is 48.5 Å². The number of hydrogen-bond donors (Lipinski definition) is 1. The second-order valence-corrected chi connectivity index (χ2v) is 9.80. The van der Waals surface area contributed by atoms with Crippen LogP contribution in [0.2, 0.25) is 0 Å². The lowest BCUT2D eigenvalue weighted by Crippen LogP contribution is -2.40. The molecule has 6 nitrogen and oxygen atoms in total. The maximum atomic E-state index is 12.8. The van der Waals surface area contributed by atoms with Crippen molar-refractivity contribution in [2.24, 2.45) is 0 Å². The number of alkyl halides is 3. The number of nitrogens with one attached hydrogen (secondary N) is 1. The molecule has 0 saturated carbocycles. The number of nitrogens with zero attached hydrogens (tertiary/aromatic N) is 2. The van der Waals surface area contributed by atoms with Gasteiger partial charge in [-0.25, -0.2) is 8.42 Å². The minimum Gasteiger partial charge on any atom is -0.350 e. The Kier molecular flexibility index (Phi) is 7.45. The minimum absolute atomic E-state index is 0.0109. The second-order valence-electron chi connectivity index (χ2n) is 7.89. The van der Waals surface area contributed by atoms with Crippen LogP contribution in [0.25, 0.3) is 0 Å². The van der Waals surface area contributed by atoms with Crippen molar-refractivity contribution >= 4 is 21.6 Å². The van der Waals surface area contributed by atoms with Gasteiger partial charge < -0.3 is 5.32 Å². The molecule has 0 aromatic heterocycles. The maximum Gasteiger partial charge on any atom is 0.416 e. The zero-order valence-electron chi connectivity index (χ0n) is 17.7. The van der Waals surface area contributed by atoms with Crippen LogP contribution in [0.4, 0.5) is 18.9 Å². The number of likely N-dealkylation sites (tertiary alicyclic amines) is 1. The number of hydrogen-bond acceptors (Lipinski definition) is 4. The van der Waals surface area contributed by atoms with Gasteiger partial charge in [-0.2, -0.15) is 13.2 Å². The van der Waals surface area contributed by atoms with Gasteiger partial charge in [0, 0.05) is 13.1 Å². The molecule has 0 spiro atoms. The third kappa shape index (κ3) is 6.70. The number of carbonyl (C=O) groups is 1. The molecule has 1 fully saturated rings. The van der Waals surface area contributed by atoms with E-state index < -0.39 is 34.2 Å². The molecule has 174 valence electrons. The van der Waals surface area contributed by atoms with E-state index in [1.54, 1.807) is 0 Å². The van der Waals surface area contributed by atoms with Gasteiger partial charge in [-0.1, -0.05) is 24.3 Å². The first kappa shape index (κ1) is 24.1. The quantitative estimate of drug-likeness (QED) is 0.644. The van der Waals surface area contributed by atoms with E-state index in [0.717, 1.165) is 65.6 Å². The molecule has 0 bridgehead atoms. The predicted molar refractivity (Wildman–Crippen MR) is 116 cm³/mol. The van der Waals surface area contributed by atoms with E-state index in [0.29, 0.717) is 0 Å². The van der Waals surface area contributed by atoms with Crippen LogP contribution >= 0.6 is 0 Å². The third-order valence-electron chi connectivity index (χ3n) is 5.26. The lowest BCUT2D eigenvalue weighted by molar-refractivity contribution is -0.137. The van der Waals surface area contributed by atoms with E-state index in [4.69, 9.17) is 0 Å². The van der Waals surface area contributed by atoms with Crippen molar-refractivity contribution in [3.63, 3.8) is 0 Å². The fraction of sp³-hybridized carbons (Fsp3) is 0.409. The molecule has 0 unspecified atom stereocenters. The fourth-order valence-corrected chi connectivity index (χ4v) is 4.50. The van der Waals surface area contributed by atoms with E-state index in [-0.39, 0.29) is 12.2 Å². The Hall–Kier alpha value is -2.59. The summed E-state index contributed by atoms with van der Waals surface area (Å²) in [7, 11) is -3.88. The van der Waals surface area contributed by atoms with Crippen LogP contribution in [0.1, 0.15) is 29.5 Å². The van der Waals surface area contributed by atoms with Gasteiger partial charge in [0.05, 0.1) is 17.5 Å². The van der Waals surface area contributed by atoms with E-state index >= 15 is 0 Å². The largest absolute Gasteiger partial charge is 0.416 e. The van der Waals surface area contributed by atoms with Crippen molar-refractivity contribution in [1.82, 2.24) is 10.2 Å². The first-order chi connectivity index (χ1) is 15.0. The molecular formula is C22H26F3N3O3S. The van der Waals surface area contributed by atoms with Crippen molar-refractivity contribution < 1.29 is 26.4 Å². The van der Waals surface area contributed by atoms with Crippen LogP contribution in [-0.4, -0.2) is 45.1 Å². The van der Waals surface area contributed by atoms with Gasteiger partial charge in [-0.15, -0.1) is 0 Å². The van der Waals surface area contributed by atoms with E-state index in [1.165, 1.54) is 12.8 Å². The Bertz CT molecular complexity index is 1030. The molecule has 0 aliphatic carbocycles. The van der Waals surface area contributed by atoms with Gasteiger partial charge in [0.15, 0.2) is 0 Å². The summed E-state index contributed by atoms with van der Waals surface area (Å²) < 4.78 is 63.4. The Balaban J connectivity index is 1.62. The molecule has 32 heavy (non-hydrogen) atoms. The van der Waals surface area contributed by atoms with E-state index in [9.17, 15) is 26.4 Å². The van der Waals surface area contributed by atoms with Gasteiger partial charge in [-0.05, 0) is 61.3 Å². The highest BCUT2D eigenvalue weighted by atomic mass is 32.2. The van der Waals surface area contributed by atoms with Gasteiger partial charge in [0.1, 0.15) is 6.54 Å². The number of rotatable bonds is 8. The molecule has 2 aromatic rings. The SMILES string of the molecule is CS(=O)(=O)N(CC(=O)NCc1cccc(CN2CCCC2)c1)c1ccc(C(F)(F)F)cc1. The molecule has 1 aliphatic heterocycles. The third-order valence-corrected chi connectivity index (χ3v) is 6.40. The summed E-state index contributed by atoms with van der Waals surface area (Å²) in [6.07, 6.45) is -1.23. The van der Waals surface area contributed by atoms with Crippen LogP contribution in [-0.2, 0) is 34.1 Å². The molecule has 1 N–H and O–H groups in total. The number of benzene rings is 2. The molecule has 1 heterocycles. The van der Waals surface area contributed by atoms with Crippen molar-refractivity contribution in [2.75, 3.05) is 30.2 Å². The maximum absolute atomic E-state index is 12.8. The van der Waals surface area contributed by atoms with Crippen molar-refractivity contribution in [3.05, 3.63) is 65.2 Å². The summed E-state index contributed by atoms with van der Waals surface area (Å²) in [5.41, 5.74) is 1.12. The Labute approximate surface area is 186 Å². The van der Waals surface area contributed by atoms with Crippen LogP contribution in [0.5, 0.6) is 0 Å². The highest BCUT2D eigenvalue weighted by Gasteiger charge is 2.30. The lowest BCUT2D eigenvalue weighted by atomic mass is 10.1. The molecule has 1 aliphatic rings. The number of carbonyl (C=O) groups excluding carboxylic acids is 1. The van der Waals surface area contributed by atoms with Crippen molar-refractivity contribution in [2.45, 2.75) is 32.1 Å². The Morgan fingerprint density at radius 3 is 2.28 bits per heavy atom. The number of halogens is 3. The summed E-state index contributed by atoms with van der Waals surface area (Å²) in [6.45, 7) is 2.69. The fourth-order valence-electron chi connectivity index (χ4n) is 3.64. The summed E-state index contributed by atoms with van der Waals surface area (Å²) in [4.78, 5) is 14.8. The topological polar surface area (TPSA) is 69.7 Å². The molecule has 0 radical (unpaired) electrons. The van der Waals surface area contributed by atoms with Gasteiger partial charge in [0.25, 0.3) is 0 Å². The monoisotopic (exact) mass is 469 g/mol. The van der Waals surface area contributed by atoms with Crippen molar-refractivity contribution in [1.29, 1.82) is 0 Å². The number of anilines is 1. The average Bonchev–Trinajstić information content (AvgIpc) is 3.22. The minimum atomic E-state index is -4.53. The van der Waals surface area contributed by atoms with E-state index in [2.05, 4.69) is 10.2 Å². The number of sulfonamides is 1. The summed E-state index contributed by atoms with van der Waals surface area (Å²) >= 11 is 0. The van der Waals surface area contributed by atoms with Crippen LogP contribution in [0, 0.1) is 0 Å². The molecule has 1 saturated heterocycles. The van der Waals surface area contributed by atoms with Gasteiger partial charge in [0.2, 0.25) is 15.9 Å². The van der Waals surface area contributed by atoms with E-state index in [1.807, 2.05) is 24.3 Å². The normalized spacial score (nSPS) is 15.0. The molecule has 1 amide bonds. The van der Waals surface area contributed by atoms with Crippen LogP contribution < -0.4 is 9.62 Å². The lowest BCUT2D eigenvalue weighted by Gasteiger charge is -2.22. The summed E-state index contributed by atoms with van der Waals surface area (Å²) in [5.74, 6) is -0.555. The molecule has 10 heteroatoms. The molecule has 0 atom stereocenters. The smallest absolute Gasteiger partial charge is 0.350 e. The number of amides is 1. The summed E-state index contributed by atoms with van der Waals surface area (Å²) in [6, 6.07) is 11.5.